The molecule has 2 heterocycles. The van der Waals surface area contributed by atoms with E-state index in [9.17, 15) is 18.0 Å². The molecule has 0 unspecified atom stereocenters. The summed E-state index contributed by atoms with van der Waals surface area (Å²) in [4.78, 5) is 24.6. The van der Waals surface area contributed by atoms with Crippen molar-refractivity contribution in [2.24, 2.45) is 7.05 Å². The number of benzene rings is 2. The van der Waals surface area contributed by atoms with E-state index in [0.29, 0.717) is 23.0 Å². The van der Waals surface area contributed by atoms with Gasteiger partial charge in [-0.05, 0) is 37.3 Å². The highest BCUT2D eigenvalue weighted by Gasteiger charge is 2.37. The molecule has 1 amide bonds. The van der Waals surface area contributed by atoms with Crippen LogP contribution in [0.15, 0.2) is 60.8 Å². The molecular formula is C23H21F3N8O. The fourth-order valence-corrected chi connectivity index (χ4v) is 3.14. The number of amides is 1. The van der Waals surface area contributed by atoms with Crippen LogP contribution >= 0.6 is 0 Å². The van der Waals surface area contributed by atoms with Crippen LogP contribution in [0.25, 0.3) is 22.6 Å². The van der Waals surface area contributed by atoms with Gasteiger partial charge in [0.15, 0.2) is 5.82 Å². The summed E-state index contributed by atoms with van der Waals surface area (Å²) in [6.45, 7) is 0.887. The van der Waals surface area contributed by atoms with Crippen LogP contribution in [0.4, 0.5) is 30.8 Å². The number of nitrogen functional groups attached to an aromatic ring is 1. The average molecular weight is 482 g/mol. The summed E-state index contributed by atoms with van der Waals surface area (Å²) in [6, 6.07) is 13.3. The van der Waals surface area contributed by atoms with Crippen molar-refractivity contribution in [1.82, 2.24) is 30.0 Å². The molecule has 0 aliphatic carbocycles. The molecule has 9 nitrogen and oxygen atoms in total. The molecule has 0 saturated heterocycles. The van der Waals surface area contributed by atoms with E-state index in [0.717, 1.165) is 18.2 Å². The lowest BCUT2D eigenvalue weighted by Gasteiger charge is -2.17. The molecule has 0 aliphatic heterocycles. The number of hydrogen-bond acceptors (Lipinski definition) is 7. The Balaban J connectivity index is 1.45. The number of anilines is 3. The van der Waals surface area contributed by atoms with Gasteiger partial charge in [-0.2, -0.15) is 18.2 Å². The number of hydrogen-bond donors (Lipinski definition) is 3. The Morgan fingerprint density at radius 2 is 1.66 bits per heavy atom. The van der Waals surface area contributed by atoms with Crippen LogP contribution in [-0.2, 0) is 7.05 Å². The Morgan fingerprint density at radius 1 is 1.00 bits per heavy atom. The molecule has 4 N–H and O–H groups in total. The van der Waals surface area contributed by atoms with Gasteiger partial charge in [0.2, 0.25) is 11.9 Å². The van der Waals surface area contributed by atoms with Crippen molar-refractivity contribution >= 4 is 23.5 Å². The maximum absolute atomic E-state index is 12.7. The first-order valence-electron chi connectivity index (χ1n) is 10.4. The third-order valence-corrected chi connectivity index (χ3v) is 5.12. The number of aryl methyl sites for hydroxylation is 1. The van der Waals surface area contributed by atoms with Crippen molar-refractivity contribution in [2.45, 2.75) is 19.1 Å². The van der Waals surface area contributed by atoms with Gasteiger partial charge in [-0.3, -0.25) is 4.79 Å². The van der Waals surface area contributed by atoms with Crippen molar-refractivity contribution in [2.75, 3.05) is 11.1 Å². The highest BCUT2D eigenvalue weighted by molar-refractivity contribution is 5.94. The molecule has 0 radical (unpaired) electrons. The fourth-order valence-electron chi connectivity index (χ4n) is 3.14. The molecule has 0 fully saturated rings. The quantitative estimate of drug-likeness (QED) is 0.380. The molecule has 0 bridgehead atoms. The average Bonchev–Trinajstić information content (AvgIpc) is 3.19. The Bertz CT molecular complexity index is 1330. The van der Waals surface area contributed by atoms with E-state index in [4.69, 9.17) is 5.73 Å². The van der Waals surface area contributed by atoms with E-state index in [1.165, 1.54) is 12.1 Å². The molecule has 35 heavy (non-hydrogen) atoms. The third-order valence-electron chi connectivity index (χ3n) is 5.12. The van der Waals surface area contributed by atoms with Crippen molar-refractivity contribution in [3.8, 4) is 22.6 Å². The van der Waals surface area contributed by atoms with Crippen molar-refractivity contribution in [1.29, 1.82) is 0 Å². The van der Waals surface area contributed by atoms with Crippen LogP contribution < -0.4 is 16.4 Å². The van der Waals surface area contributed by atoms with E-state index < -0.39 is 18.1 Å². The van der Waals surface area contributed by atoms with Gasteiger partial charge >= 0.3 is 6.18 Å². The van der Waals surface area contributed by atoms with Gasteiger partial charge in [-0.15, -0.1) is 5.10 Å². The Kier molecular flexibility index (Phi) is 6.36. The van der Waals surface area contributed by atoms with Gasteiger partial charge in [0, 0.05) is 35.6 Å². The minimum atomic E-state index is -4.51. The number of rotatable bonds is 6. The minimum absolute atomic E-state index is 0.102. The molecule has 0 saturated carbocycles. The zero-order valence-corrected chi connectivity index (χ0v) is 18.7. The first-order chi connectivity index (χ1) is 16.6. The molecule has 4 rings (SSSR count). The summed E-state index contributed by atoms with van der Waals surface area (Å²) in [5, 5.41) is 9.48. The van der Waals surface area contributed by atoms with Gasteiger partial charge in [0.25, 0.3) is 5.91 Å². The lowest BCUT2D eigenvalue weighted by Crippen LogP contribution is -2.43. The van der Waals surface area contributed by atoms with Gasteiger partial charge in [-0.25, -0.2) is 14.6 Å². The topological polar surface area (TPSA) is 124 Å². The van der Waals surface area contributed by atoms with Gasteiger partial charge in [0.05, 0.1) is 5.69 Å². The SMILES string of the molecule is C[C@H](NC(=O)c1ccc(-c2nc(Nc3ccc(-c4ccnc(N)n4)cc3)n(C)n2)cc1)C(F)(F)F. The summed E-state index contributed by atoms with van der Waals surface area (Å²) < 4.78 is 39.6. The second-order valence-corrected chi connectivity index (χ2v) is 7.70. The van der Waals surface area contributed by atoms with Crippen LogP contribution in [0.1, 0.15) is 17.3 Å². The number of nitrogens with one attached hydrogen (secondary N) is 2. The predicted octanol–water partition coefficient (Wildman–Crippen LogP) is 3.95. The molecule has 2 aromatic carbocycles. The maximum atomic E-state index is 12.7. The van der Waals surface area contributed by atoms with E-state index in [1.807, 2.05) is 29.6 Å². The molecule has 180 valence electrons. The highest BCUT2D eigenvalue weighted by atomic mass is 19.4. The fraction of sp³-hybridized carbons (Fsp3) is 0.174. The lowest BCUT2D eigenvalue weighted by atomic mass is 10.1. The predicted molar refractivity (Wildman–Crippen MR) is 125 cm³/mol. The van der Waals surface area contributed by atoms with E-state index in [1.54, 1.807) is 36.1 Å². The molecule has 0 spiro atoms. The standard InChI is InChI=1S/C23H21F3N8O/c1-13(23(24,25)26)29-20(35)16-5-3-15(4-6-16)19-32-22(34(2)33-19)30-17-9-7-14(8-10-17)18-11-12-28-21(27)31-18/h3-13H,1-2H3,(H,29,35)(H2,27,28,31)(H,30,32,33)/t13-/m0/s1. The number of halogens is 3. The van der Waals surface area contributed by atoms with Crippen LogP contribution in [0.5, 0.6) is 0 Å². The second-order valence-electron chi connectivity index (χ2n) is 7.70. The number of carbonyl (C=O) groups is 1. The number of carbonyl (C=O) groups excluding carboxylic acids is 1. The minimum Gasteiger partial charge on any atom is -0.368 e. The maximum Gasteiger partial charge on any atom is 0.408 e. The smallest absolute Gasteiger partial charge is 0.368 e. The molecular weight excluding hydrogens is 461 g/mol. The van der Waals surface area contributed by atoms with Gasteiger partial charge < -0.3 is 16.4 Å². The zero-order valence-electron chi connectivity index (χ0n) is 18.7. The van der Waals surface area contributed by atoms with Gasteiger partial charge in [-0.1, -0.05) is 24.3 Å². The van der Waals surface area contributed by atoms with Gasteiger partial charge in [0.1, 0.15) is 6.04 Å². The van der Waals surface area contributed by atoms with Crippen LogP contribution in [-0.4, -0.2) is 42.9 Å². The summed E-state index contributed by atoms with van der Waals surface area (Å²) in [5.74, 6) is 0.241. The van der Waals surface area contributed by atoms with Crippen LogP contribution in [0, 0.1) is 0 Å². The van der Waals surface area contributed by atoms with Crippen LogP contribution in [0.3, 0.4) is 0 Å². The Hall–Kier alpha value is -4.48. The molecule has 4 aromatic rings. The largest absolute Gasteiger partial charge is 0.408 e. The zero-order chi connectivity index (χ0) is 25.2. The molecule has 12 heteroatoms. The summed E-state index contributed by atoms with van der Waals surface area (Å²) >= 11 is 0. The number of alkyl halides is 3. The molecule has 0 aliphatic rings. The monoisotopic (exact) mass is 482 g/mol. The molecule has 1 atom stereocenters. The van der Waals surface area contributed by atoms with Crippen LogP contribution in [0.2, 0.25) is 0 Å². The van der Waals surface area contributed by atoms with E-state index >= 15 is 0 Å². The number of aromatic nitrogens is 5. The Labute approximate surface area is 198 Å². The summed E-state index contributed by atoms with van der Waals surface area (Å²) in [7, 11) is 1.72. The normalized spacial score (nSPS) is 12.3. The first kappa shape index (κ1) is 23.7. The number of nitrogens with two attached hydrogens (primary N) is 1. The van der Waals surface area contributed by atoms with Crippen molar-refractivity contribution in [3.05, 3.63) is 66.4 Å². The third kappa shape index (κ3) is 5.54. The summed E-state index contributed by atoms with van der Waals surface area (Å²) in [6.07, 6.45) is -2.92. The highest BCUT2D eigenvalue weighted by Crippen LogP contribution is 2.24. The Morgan fingerprint density at radius 3 is 2.29 bits per heavy atom. The van der Waals surface area contributed by atoms with E-state index in [-0.39, 0.29) is 11.5 Å². The van der Waals surface area contributed by atoms with E-state index in [2.05, 4.69) is 25.4 Å². The lowest BCUT2D eigenvalue weighted by molar-refractivity contribution is -0.149. The summed E-state index contributed by atoms with van der Waals surface area (Å²) in [5.41, 5.74) is 8.69. The first-order valence-corrected chi connectivity index (χ1v) is 10.4. The van der Waals surface area contributed by atoms with Crippen molar-refractivity contribution in [3.63, 3.8) is 0 Å². The number of nitrogens with zero attached hydrogens (tertiary/aromatic N) is 5. The van der Waals surface area contributed by atoms with Crippen molar-refractivity contribution < 1.29 is 18.0 Å². The molecule has 2 aromatic heterocycles. The second kappa shape index (κ2) is 9.41.